The molecule has 0 aliphatic heterocycles. The maximum atomic E-state index is 12.8. The quantitative estimate of drug-likeness (QED) is 0.636. The van der Waals surface area contributed by atoms with E-state index in [-0.39, 0.29) is 5.69 Å². The van der Waals surface area contributed by atoms with Crippen LogP contribution in [0.5, 0.6) is 0 Å². The number of benzene rings is 1. The fourth-order valence-electron chi connectivity index (χ4n) is 1.60. The van der Waals surface area contributed by atoms with E-state index in [2.05, 4.69) is 10.1 Å². The number of hydrogen-bond acceptors (Lipinski definition) is 5. The number of methoxy groups -OCH3 is 1. The van der Waals surface area contributed by atoms with Crippen molar-refractivity contribution in [3.63, 3.8) is 0 Å². The van der Waals surface area contributed by atoms with E-state index < -0.39 is 30.1 Å². The molecule has 1 amide bonds. The number of rotatable bonds is 5. The van der Waals surface area contributed by atoms with Gasteiger partial charge < -0.3 is 15.2 Å². The number of hydrogen-bond donors (Lipinski definition) is 2. The Morgan fingerprint density at radius 1 is 1.36 bits per heavy atom. The summed E-state index contributed by atoms with van der Waals surface area (Å²) in [6.45, 7) is 0. The molecule has 0 saturated heterocycles. The van der Waals surface area contributed by atoms with Crippen molar-refractivity contribution in [1.29, 1.82) is 0 Å². The first kappa shape index (κ1) is 18.3. The number of anilines is 1. The van der Waals surface area contributed by atoms with Gasteiger partial charge in [0.2, 0.25) is 5.91 Å². The third-order valence-corrected chi connectivity index (χ3v) is 3.49. The molecule has 0 radical (unpaired) electrons. The number of esters is 1. The summed E-state index contributed by atoms with van der Waals surface area (Å²) in [4.78, 5) is 23.7. The summed E-state index contributed by atoms with van der Waals surface area (Å²) in [5, 5.41) is 11.7. The van der Waals surface area contributed by atoms with Crippen LogP contribution in [0.4, 0.5) is 18.9 Å². The lowest BCUT2D eigenvalue weighted by molar-refractivity contribution is -0.261. The Hall–Kier alpha value is -1.74. The first-order chi connectivity index (χ1) is 10.1. The van der Waals surface area contributed by atoms with Crippen molar-refractivity contribution in [3.8, 4) is 0 Å². The van der Waals surface area contributed by atoms with E-state index in [0.717, 1.165) is 4.90 Å². The summed E-state index contributed by atoms with van der Waals surface area (Å²) in [7, 11) is 0.693. The highest BCUT2D eigenvalue weighted by atomic mass is 32.2. The minimum Gasteiger partial charge on any atom is -0.467 e. The van der Waals surface area contributed by atoms with Crippen molar-refractivity contribution in [2.24, 2.45) is 0 Å². The van der Waals surface area contributed by atoms with Crippen LogP contribution in [0.25, 0.3) is 0 Å². The van der Waals surface area contributed by atoms with Gasteiger partial charge in [-0.2, -0.15) is 13.2 Å². The molecule has 1 rings (SSSR count). The summed E-state index contributed by atoms with van der Waals surface area (Å²) in [5.41, 5.74) is -3.63. The van der Waals surface area contributed by atoms with E-state index >= 15 is 0 Å². The summed E-state index contributed by atoms with van der Waals surface area (Å²) in [5.74, 6) is -3.10. The molecule has 1 atom stereocenters. The monoisotopic (exact) mass is 337 g/mol. The van der Waals surface area contributed by atoms with Crippen LogP contribution < -0.4 is 5.32 Å². The van der Waals surface area contributed by atoms with Crippen LogP contribution in [0.2, 0.25) is 0 Å². The number of thioether (sulfide) groups is 1. The molecule has 1 aromatic carbocycles. The van der Waals surface area contributed by atoms with Gasteiger partial charge in [-0.1, -0.05) is 6.07 Å². The van der Waals surface area contributed by atoms with Gasteiger partial charge in [-0.15, -0.1) is 11.8 Å². The molecule has 0 unspecified atom stereocenters. The Balaban J connectivity index is 2.90. The number of carbonyl (C=O) groups excluding carboxylic acids is 2. The molecule has 0 saturated carbocycles. The Morgan fingerprint density at radius 3 is 2.50 bits per heavy atom. The maximum Gasteiger partial charge on any atom is 0.428 e. The molecule has 5 nitrogen and oxygen atoms in total. The van der Waals surface area contributed by atoms with Crippen molar-refractivity contribution in [2.75, 3.05) is 18.7 Å². The van der Waals surface area contributed by atoms with Gasteiger partial charge >= 0.3 is 12.1 Å². The van der Waals surface area contributed by atoms with Gasteiger partial charge in [-0.3, -0.25) is 4.79 Å². The number of halogens is 3. The molecule has 0 aliphatic carbocycles. The number of aliphatic hydroxyl groups is 1. The number of carbonyl (C=O) groups is 2. The van der Waals surface area contributed by atoms with Crippen molar-refractivity contribution < 1.29 is 32.6 Å². The van der Waals surface area contributed by atoms with Gasteiger partial charge in [0.15, 0.2) is 0 Å². The molecule has 0 spiro atoms. The molecule has 0 fully saturated rings. The topological polar surface area (TPSA) is 75.6 Å². The van der Waals surface area contributed by atoms with Gasteiger partial charge in [0.1, 0.15) is 0 Å². The molecule has 0 aliphatic rings. The predicted molar refractivity (Wildman–Crippen MR) is 74.5 cm³/mol. The van der Waals surface area contributed by atoms with Crippen molar-refractivity contribution in [1.82, 2.24) is 0 Å². The molecule has 0 bridgehead atoms. The zero-order chi connectivity index (χ0) is 17.0. The molecule has 0 aromatic heterocycles. The highest BCUT2D eigenvalue weighted by molar-refractivity contribution is 7.98. The standard InChI is InChI=1S/C13H14F3NO4S/c1-21-11(19)12(20,13(14,15)16)7-10(18)17-8-4-3-5-9(6-8)22-2/h3-6,20H,7H2,1-2H3,(H,17,18)/t12-/m0/s1. The highest BCUT2D eigenvalue weighted by Gasteiger charge is 2.61. The smallest absolute Gasteiger partial charge is 0.428 e. The van der Waals surface area contributed by atoms with Gasteiger partial charge in [-0.25, -0.2) is 4.79 Å². The summed E-state index contributed by atoms with van der Waals surface area (Å²) in [6, 6.07) is 6.38. The van der Waals surface area contributed by atoms with E-state index in [9.17, 15) is 27.9 Å². The van der Waals surface area contributed by atoms with E-state index in [1.807, 2.05) is 0 Å². The van der Waals surface area contributed by atoms with Gasteiger partial charge in [0.05, 0.1) is 13.5 Å². The minimum atomic E-state index is -5.33. The molecule has 1 aromatic rings. The second-order valence-corrected chi connectivity index (χ2v) is 5.19. The SMILES string of the molecule is COC(=O)[C@@](O)(CC(=O)Nc1cccc(SC)c1)C(F)(F)F. The fraction of sp³-hybridized carbons (Fsp3) is 0.385. The summed E-state index contributed by atoms with van der Waals surface area (Å²) >= 11 is 1.38. The number of nitrogens with one attached hydrogen (secondary N) is 1. The fourth-order valence-corrected chi connectivity index (χ4v) is 2.05. The molecular formula is C13H14F3NO4S. The lowest BCUT2D eigenvalue weighted by Gasteiger charge is -2.26. The van der Waals surface area contributed by atoms with Crippen molar-refractivity contribution in [2.45, 2.75) is 23.1 Å². The van der Waals surface area contributed by atoms with Crippen molar-refractivity contribution in [3.05, 3.63) is 24.3 Å². The number of amides is 1. The maximum absolute atomic E-state index is 12.8. The normalized spacial score (nSPS) is 14.1. The van der Waals surface area contributed by atoms with Crippen LogP contribution in [0, 0.1) is 0 Å². The molecule has 0 heterocycles. The molecule has 2 N–H and O–H groups in total. The number of ether oxygens (including phenoxy) is 1. The summed E-state index contributed by atoms with van der Waals surface area (Å²) in [6.07, 6.45) is -5.04. The van der Waals surface area contributed by atoms with E-state index in [1.165, 1.54) is 17.8 Å². The highest BCUT2D eigenvalue weighted by Crippen LogP contribution is 2.34. The third-order valence-electron chi connectivity index (χ3n) is 2.76. The number of alkyl halides is 3. The van der Waals surface area contributed by atoms with E-state index in [0.29, 0.717) is 7.11 Å². The van der Waals surface area contributed by atoms with E-state index in [1.54, 1.807) is 24.5 Å². The Bertz CT molecular complexity index is 564. The second kappa shape index (κ2) is 7.01. The first-order valence-corrected chi connectivity index (χ1v) is 7.18. The van der Waals surface area contributed by atoms with Crippen LogP contribution in [0.15, 0.2) is 29.2 Å². The predicted octanol–water partition coefficient (Wildman–Crippen LogP) is 2.20. The van der Waals surface area contributed by atoms with Gasteiger partial charge in [0.25, 0.3) is 5.60 Å². The lowest BCUT2D eigenvalue weighted by Crippen LogP contribution is -2.54. The summed E-state index contributed by atoms with van der Waals surface area (Å²) < 4.78 is 42.4. The largest absolute Gasteiger partial charge is 0.467 e. The van der Waals surface area contributed by atoms with E-state index in [4.69, 9.17) is 0 Å². The average Bonchev–Trinajstić information content (AvgIpc) is 2.45. The Labute approximate surface area is 128 Å². The zero-order valence-corrected chi connectivity index (χ0v) is 12.5. The first-order valence-electron chi connectivity index (χ1n) is 5.95. The van der Waals surface area contributed by atoms with Crippen LogP contribution >= 0.6 is 11.8 Å². The van der Waals surface area contributed by atoms with Crippen LogP contribution in [-0.4, -0.2) is 42.1 Å². The Kier molecular flexibility index (Phi) is 5.84. The molecule has 122 valence electrons. The van der Waals surface area contributed by atoms with Crippen LogP contribution in [0.1, 0.15) is 6.42 Å². The van der Waals surface area contributed by atoms with Gasteiger partial charge in [-0.05, 0) is 24.5 Å². The third kappa shape index (κ3) is 4.14. The lowest BCUT2D eigenvalue weighted by atomic mass is 9.98. The second-order valence-electron chi connectivity index (χ2n) is 4.31. The van der Waals surface area contributed by atoms with Gasteiger partial charge in [0, 0.05) is 10.6 Å². The van der Waals surface area contributed by atoms with Crippen LogP contribution in [0.3, 0.4) is 0 Å². The molecule has 9 heteroatoms. The van der Waals surface area contributed by atoms with Crippen LogP contribution in [-0.2, 0) is 14.3 Å². The molecular weight excluding hydrogens is 323 g/mol. The molecule has 22 heavy (non-hydrogen) atoms. The van der Waals surface area contributed by atoms with Crippen molar-refractivity contribution >= 4 is 29.3 Å². The zero-order valence-electron chi connectivity index (χ0n) is 11.7. The average molecular weight is 337 g/mol. The minimum absolute atomic E-state index is 0.256. The Morgan fingerprint density at radius 2 is 2.00 bits per heavy atom.